The van der Waals surface area contributed by atoms with Crippen LogP contribution in [0.4, 0.5) is 0 Å². The van der Waals surface area contributed by atoms with Crippen LogP contribution in [-0.4, -0.2) is 49.7 Å². The van der Waals surface area contributed by atoms with Gasteiger partial charge >= 0.3 is 0 Å². The molecule has 22 heavy (non-hydrogen) atoms. The molecule has 0 radical (unpaired) electrons. The molecule has 2 heterocycles. The van der Waals surface area contributed by atoms with Crippen molar-refractivity contribution in [2.45, 2.75) is 43.7 Å². The minimum absolute atomic E-state index is 0.235. The zero-order valence-corrected chi connectivity index (χ0v) is 13.3. The van der Waals surface area contributed by atoms with Crippen molar-refractivity contribution in [1.29, 1.82) is 0 Å². The lowest BCUT2D eigenvalue weighted by atomic mass is 9.90. The number of carbonyl (C=O) groups is 1. The monoisotopic (exact) mass is 302 g/mol. The third-order valence-electron chi connectivity index (χ3n) is 5.02. The van der Waals surface area contributed by atoms with Crippen molar-refractivity contribution in [3.63, 3.8) is 0 Å². The fourth-order valence-electron chi connectivity index (χ4n) is 3.92. The second-order valence-corrected chi connectivity index (χ2v) is 6.35. The third-order valence-corrected chi connectivity index (χ3v) is 5.02. The Hall–Kier alpha value is -1.39. The van der Waals surface area contributed by atoms with E-state index in [9.17, 15) is 4.79 Å². The molecule has 2 aliphatic heterocycles. The largest absolute Gasteiger partial charge is 0.384 e. The Kier molecular flexibility index (Phi) is 5.11. The average molecular weight is 302 g/mol. The molecular weight excluding hydrogens is 276 g/mol. The van der Waals surface area contributed by atoms with Crippen LogP contribution in [0.15, 0.2) is 30.3 Å². The highest BCUT2D eigenvalue weighted by atomic mass is 16.5. The number of methoxy groups -OCH3 is 1. The van der Waals surface area contributed by atoms with Gasteiger partial charge in [0.2, 0.25) is 5.91 Å². The number of ether oxygens (including phenoxy) is 1. The first-order valence-corrected chi connectivity index (χ1v) is 8.38. The summed E-state index contributed by atoms with van der Waals surface area (Å²) in [5.74, 6) is 0.634. The van der Waals surface area contributed by atoms with Crippen molar-refractivity contribution in [2.24, 2.45) is 0 Å². The number of rotatable bonds is 4. The van der Waals surface area contributed by atoms with Crippen molar-refractivity contribution in [3.8, 4) is 0 Å². The molecule has 1 aromatic carbocycles. The van der Waals surface area contributed by atoms with Crippen LogP contribution >= 0.6 is 0 Å². The topological polar surface area (TPSA) is 41.6 Å². The fraction of sp³-hybridized carbons (Fsp3) is 0.611. The van der Waals surface area contributed by atoms with E-state index in [1.807, 2.05) is 0 Å². The molecule has 120 valence electrons. The Morgan fingerprint density at radius 1 is 1.32 bits per heavy atom. The Balaban J connectivity index is 1.81. The summed E-state index contributed by atoms with van der Waals surface area (Å²) in [6, 6.07) is 11.3. The second-order valence-electron chi connectivity index (χ2n) is 6.35. The molecule has 4 heteroatoms. The highest BCUT2D eigenvalue weighted by Crippen LogP contribution is 2.36. The molecule has 0 saturated carbocycles. The van der Waals surface area contributed by atoms with Crippen LogP contribution < -0.4 is 5.32 Å². The summed E-state index contributed by atoms with van der Waals surface area (Å²) in [6.45, 7) is 2.40. The number of likely N-dealkylation sites (tertiary alicyclic amines) is 1. The van der Waals surface area contributed by atoms with Gasteiger partial charge in [-0.2, -0.15) is 0 Å². The Bertz CT molecular complexity index is 491. The van der Waals surface area contributed by atoms with Gasteiger partial charge in [0, 0.05) is 31.7 Å². The molecule has 1 amide bonds. The molecule has 0 aliphatic carbocycles. The summed E-state index contributed by atoms with van der Waals surface area (Å²) >= 11 is 0. The third kappa shape index (κ3) is 3.18. The summed E-state index contributed by atoms with van der Waals surface area (Å²) < 4.78 is 5.08. The lowest BCUT2D eigenvalue weighted by molar-refractivity contribution is -0.133. The van der Waals surface area contributed by atoms with Gasteiger partial charge in [0.15, 0.2) is 0 Å². The molecule has 0 aromatic heterocycles. The molecule has 3 rings (SSSR count). The minimum atomic E-state index is 0.235. The standard InChI is InChI=1S/C18H26N2O2/c1-22-12-10-17(21)20-13-15(14-7-3-2-4-8-14)18-16(20)9-5-6-11-19-18/h2-4,7-8,15-16,18-19H,5-6,9-13H2,1H3/t15-,16-,18-/m0/s1. The van der Waals surface area contributed by atoms with Crippen LogP contribution in [0.1, 0.15) is 37.2 Å². The van der Waals surface area contributed by atoms with E-state index in [0.29, 0.717) is 31.0 Å². The molecule has 2 fully saturated rings. The molecule has 0 spiro atoms. The van der Waals surface area contributed by atoms with Crippen molar-refractivity contribution in [3.05, 3.63) is 35.9 Å². The molecule has 1 N–H and O–H groups in total. The maximum Gasteiger partial charge on any atom is 0.225 e. The van der Waals surface area contributed by atoms with Gasteiger partial charge in [0.05, 0.1) is 13.0 Å². The van der Waals surface area contributed by atoms with E-state index in [1.165, 1.54) is 18.4 Å². The van der Waals surface area contributed by atoms with Gasteiger partial charge in [-0.1, -0.05) is 36.8 Å². The smallest absolute Gasteiger partial charge is 0.225 e. The lowest BCUT2D eigenvalue weighted by Crippen LogP contribution is -2.44. The first-order chi connectivity index (χ1) is 10.8. The van der Waals surface area contributed by atoms with Gasteiger partial charge in [-0.3, -0.25) is 4.79 Å². The normalized spacial score (nSPS) is 28.2. The van der Waals surface area contributed by atoms with Crippen molar-refractivity contribution in [2.75, 3.05) is 26.8 Å². The van der Waals surface area contributed by atoms with Crippen LogP contribution in [0.5, 0.6) is 0 Å². The molecule has 0 bridgehead atoms. The number of nitrogens with one attached hydrogen (secondary N) is 1. The van der Waals surface area contributed by atoms with E-state index >= 15 is 0 Å². The highest BCUT2D eigenvalue weighted by Gasteiger charge is 2.44. The van der Waals surface area contributed by atoms with Gasteiger partial charge in [-0.25, -0.2) is 0 Å². The summed E-state index contributed by atoms with van der Waals surface area (Å²) in [6.07, 6.45) is 4.00. The molecule has 2 saturated heterocycles. The number of hydrogen-bond acceptors (Lipinski definition) is 3. The molecule has 1 aromatic rings. The van der Waals surface area contributed by atoms with Gasteiger partial charge in [0.1, 0.15) is 0 Å². The SMILES string of the molecule is COCCC(=O)N1C[C@@H](c2ccccc2)[C@@H]2NCCCC[C@@H]21. The summed E-state index contributed by atoms with van der Waals surface area (Å²) in [5, 5.41) is 3.71. The predicted octanol–water partition coefficient (Wildman–Crippen LogP) is 2.16. The molecule has 3 atom stereocenters. The van der Waals surface area contributed by atoms with E-state index in [1.54, 1.807) is 7.11 Å². The van der Waals surface area contributed by atoms with Crippen LogP contribution in [-0.2, 0) is 9.53 Å². The number of nitrogens with zero attached hydrogens (tertiary/aromatic N) is 1. The number of fused-ring (bicyclic) bond motifs is 1. The molecular formula is C18H26N2O2. The molecule has 2 aliphatic rings. The Morgan fingerprint density at radius 3 is 2.91 bits per heavy atom. The maximum atomic E-state index is 12.6. The van der Waals surface area contributed by atoms with E-state index < -0.39 is 0 Å². The summed E-state index contributed by atoms with van der Waals surface area (Å²) in [7, 11) is 1.65. The quantitative estimate of drug-likeness (QED) is 0.927. The number of benzene rings is 1. The Morgan fingerprint density at radius 2 is 2.14 bits per heavy atom. The van der Waals surface area contributed by atoms with E-state index in [-0.39, 0.29) is 5.91 Å². The average Bonchev–Trinajstić information content (AvgIpc) is 2.75. The zero-order chi connectivity index (χ0) is 15.4. The van der Waals surface area contributed by atoms with Crippen LogP contribution in [0.2, 0.25) is 0 Å². The van der Waals surface area contributed by atoms with E-state index in [2.05, 4.69) is 40.5 Å². The zero-order valence-electron chi connectivity index (χ0n) is 13.3. The van der Waals surface area contributed by atoms with Gasteiger partial charge < -0.3 is 15.0 Å². The van der Waals surface area contributed by atoms with E-state index in [0.717, 1.165) is 19.5 Å². The van der Waals surface area contributed by atoms with Crippen LogP contribution in [0.3, 0.4) is 0 Å². The minimum Gasteiger partial charge on any atom is -0.384 e. The molecule has 4 nitrogen and oxygen atoms in total. The first-order valence-electron chi connectivity index (χ1n) is 8.38. The maximum absolute atomic E-state index is 12.6. The Labute approximate surface area is 132 Å². The molecule has 0 unspecified atom stereocenters. The summed E-state index contributed by atoms with van der Waals surface area (Å²) in [4.78, 5) is 14.7. The van der Waals surface area contributed by atoms with Gasteiger partial charge in [0.25, 0.3) is 0 Å². The van der Waals surface area contributed by atoms with Crippen LogP contribution in [0.25, 0.3) is 0 Å². The first kappa shape index (κ1) is 15.5. The number of amides is 1. The fourth-order valence-corrected chi connectivity index (χ4v) is 3.92. The summed E-state index contributed by atoms with van der Waals surface area (Å²) in [5.41, 5.74) is 1.34. The van der Waals surface area contributed by atoms with Crippen molar-refractivity contribution >= 4 is 5.91 Å². The lowest BCUT2D eigenvalue weighted by Gasteiger charge is -2.27. The number of hydrogen-bond donors (Lipinski definition) is 1. The van der Waals surface area contributed by atoms with Crippen LogP contribution in [0, 0.1) is 0 Å². The van der Waals surface area contributed by atoms with Gasteiger partial charge in [-0.05, 0) is 24.9 Å². The second kappa shape index (κ2) is 7.25. The highest BCUT2D eigenvalue weighted by molar-refractivity contribution is 5.77. The number of carbonyl (C=O) groups excluding carboxylic acids is 1. The van der Waals surface area contributed by atoms with Gasteiger partial charge in [-0.15, -0.1) is 0 Å². The van der Waals surface area contributed by atoms with E-state index in [4.69, 9.17) is 4.74 Å². The van der Waals surface area contributed by atoms with Crippen molar-refractivity contribution < 1.29 is 9.53 Å². The van der Waals surface area contributed by atoms with Crippen molar-refractivity contribution in [1.82, 2.24) is 10.2 Å². The predicted molar refractivity (Wildman–Crippen MR) is 86.8 cm³/mol.